The molecule has 0 radical (unpaired) electrons. The van der Waals surface area contributed by atoms with E-state index in [1.807, 2.05) is 71.1 Å². The van der Waals surface area contributed by atoms with E-state index in [0.717, 1.165) is 44.6 Å². The molecule has 2 aromatic heterocycles. The molecule has 3 aromatic carbocycles. The highest BCUT2D eigenvalue weighted by atomic mass is 35.5. The number of hydrogen-bond acceptors (Lipinski definition) is 4. The van der Waals surface area contributed by atoms with Gasteiger partial charge in [-0.15, -0.1) is 11.3 Å². The number of hydrogen-bond donors (Lipinski definition) is 0. The minimum atomic E-state index is 0.0996. The molecule has 0 bridgehead atoms. The van der Waals surface area contributed by atoms with Crippen molar-refractivity contribution in [1.29, 1.82) is 0 Å². The Morgan fingerprint density at radius 3 is 2.16 bits per heavy atom. The molecule has 0 unspecified atom stereocenters. The Kier molecular flexibility index (Phi) is 6.55. The fourth-order valence-electron chi connectivity index (χ4n) is 5.13. The molecular formula is C30H27ClN4OS. The summed E-state index contributed by atoms with van der Waals surface area (Å²) in [6.45, 7) is 4.98. The number of piperazine rings is 1. The van der Waals surface area contributed by atoms with E-state index in [4.69, 9.17) is 16.7 Å². The van der Waals surface area contributed by atoms with E-state index in [-0.39, 0.29) is 11.9 Å². The minimum Gasteiger partial charge on any atom is -0.335 e. The molecule has 1 saturated heterocycles. The number of halogens is 1. The van der Waals surface area contributed by atoms with E-state index in [2.05, 4.69) is 41.3 Å². The van der Waals surface area contributed by atoms with Crippen molar-refractivity contribution in [1.82, 2.24) is 19.6 Å². The van der Waals surface area contributed by atoms with Crippen molar-refractivity contribution < 1.29 is 4.79 Å². The third-order valence-electron chi connectivity index (χ3n) is 7.02. The fraction of sp³-hybridized carbons (Fsp3) is 0.200. The van der Waals surface area contributed by atoms with Crippen LogP contribution in [0.15, 0.2) is 91.0 Å². The predicted octanol–water partition coefficient (Wildman–Crippen LogP) is 6.60. The average Bonchev–Trinajstić information content (AvgIpc) is 3.51. The zero-order valence-corrected chi connectivity index (χ0v) is 22.1. The lowest BCUT2D eigenvalue weighted by atomic mass is 9.96. The second kappa shape index (κ2) is 10.1. The highest BCUT2D eigenvalue weighted by Gasteiger charge is 2.29. The molecule has 186 valence electrons. The quantitative estimate of drug-likeness (QED) is 0.259. The molecule has 0 spiro atoms. The standard InChI is InChI=1S/C30H27ClN4OS/c1-21-26-20-27(37-30(26)35(32-21)25-10-6-3-7-11-25)29(36)34-18-16-33(17-19-34)28(22-8-4-2-5-9-22)23-12-14-24(31)15-13-23/h2-15,20,28H,16-19H2,1H3/t28-/m1/s1. The normalized spacial score (nSPS) is 15.2. The van der Waals surface area contributed by atoms with Gasteiger partial charge in [0.1, 0.15) is 4.83 Å². The SMILES string of the molecule is Cc1nn(-c2ccccc2)c2sc(C(=O)N3CCN([C@H](c4ccccc4)c4ccc(Cl)cc4)CC3)cc12. The van der Waals surface area contributed by atoms with Crippen LogP contribution < -0.4 is 0 Å². The van der Waals surface area contributed by atoms with Crippen molar-refractivity contribution in [2.75, 3.05) is 26.2 Å². The number of fused-ring (bicyclic) bond motifs is 1. The largest absolute Gasteiger partial charge is 0.335 e. The highest BCUT2D eigenvalue weighted by molar-refractivity contribution is 7.20. The highest BCUT2D eigenvalue weighted by Crippen LogP contribution is 2.33. The maximum Gasteiger partial charge on any atom is 0.264 e. The molecular weight excluding hydrogens is 500 g/mol. The summed E-state index contributed by atoms with van der Waals surface area (Å²) in [5.74, 6) is 0.0996. The number of para-hydroxylation sites is 1. The second-order valence-electron chi connectivity index (χ2n) is 9.36. The van der Waals surface area contributed by atoms with Crippen LogP contribution >= 0.6 is 22.9 Å². The van der Waals surface area contributed by atoms with Crippen molar-refractivity contribution in [2.45, 2.75) is 13.0 Å². The smallest absolute Gasteiger partial charge is 0.264 e. The molecule has 3 heterocycles. The summed E-state index contributed by atoms with van der Waals surface area (Å²) >= 11 is 7.70. The minimum absolute atomic E-state index is 0.0996. The van der Waals surface area contributed by atoms with E-state index in [9.17, 15) is 4.79 Å². The number of aromatic nitrogens is 2. The first-order valence-corrected chi connectivity index (χ1v) is 13.7. The summed E-state index contributed by atoms with van der Waals surface area (Å²) < 4.78 is 1.95. The Hall–Kier alpha value is -3.45. The van der Waals surface area contributed by atoms with Gasteiger partial charge in [0.25, 0.3) is 5.91 Å². The molecule has 0 N–H and O–H groups in total. The zero-order valence-electron chi connectivity index (χ0n) is 20.5. The summed E-state index contributed by atoms with van der Waals surface area (Å²) in [7, 11) is 0. The van der Waals surface area contributed by atoms with Gasteiger partial charge in [-0.05, 0) is 48.4 Å². The van der Waals surface area contributed by atoms with Gasteiger partial charge < -0.3 is 4.90 Å². The lowest BCUT2D eigenvalue weighted by molar-refractivity contribution is 0.0602. The predicted molar refractivity (Wildman–Crippen MR) is 151 cm³/mol. The molecule has 6 rings (SSSR count). The molecule has 1 atom stereocenters. The molecule has 1 fully saturated rings. The van der Waals surface area contributed by atoms with E-state index < -0.39 is 0 Å². The van der Waals surface area contributed by atoms with Gasteiger partial charge in [0.15, 0.2) is 0 Å². The molecule has 7 heteroatoms. The van der Waals surface area contributed by atoms with Gasteiger partial charge in [-0.25, -0.2) is 4.68 Å². The Morgan fingerprint density at radius 2 is 1.49 bits per heavy atom. The average molecular weight is 527 g/mol. The van der Waals surface area contributed by atoms with Crippen molar-refractivity contribution in [3.63, 3.8) is 0 Å². The number of thiophene rings is 1. The van der Waals surface area contributed by atoms with Crippen molar-refractivity contribution in [2.24, 2.45) is 0 Å². The van der Waals surface area contributed by atoms with E-state index in [1.54, 1.807) is 0 Å². The van der Waals surface area contributed by atoms with Gasteiger partial charge in [0.2, 0.25) is 0 Å². The number of aryl methyl sites for hydroxylation is 1. The van der Waals surface area contributed by atoms with Crippen LogP contribution in [0.1, 0.15) is 32.5 Å². The van der Waals surface area contributed by atoms with E-state index >= 15 is 0 Å². The van der Waals surface area contributed by atoms with Gasteiger partial charge in [-0.1, -0.05) is 72.3 Å². The summed E-state index contributed by atoms with van der Waals surface area (Å²) in [5.41, 5.74) is 4.40. The van der Waals surface area contributed by atoms with Gasteiger partial charge >= 0.3 is 0 Å². The maximum absolute atomic E-state index is 13.6. The Morgan fingerprint density at radius 1 is 0.865 bits per heavy atom. The number of benzene rings is 3. The number of carbonyl (C=O) groups is 1. The van der Waals surface area contributed by atoms with Gasteiger partial charge in [0, 0.05) is 36.6 Å². The van der Waals surface area contributed by atoms with Crippen LogP contribution in [0, 0.1) is 6.92 Å². The molecule has 5 aromatic rings. The number of rotatable bonds is 5. The summed E-state index contributed by atoms with van der Waals surface area (Å²) in [5, 5.41) is 6.49. The van der Waals surface area contributed by atoms with Crippen molar-refractivity contribution in [3.8, 4) is 5.69 Å². The van der Waals surface area contributed by atoms with Crippen LogP contribution in [0.5, 0.6) is 0 Å². The molecule has 37 heavy (non-hydrogen) atoms. The number of nitrogens with zero attached hydrogens (tertiary/aromatic N) is 4. The molecule has 1 amide bonds. The Balaban J connectivity index is 1.22. The van der Waals surface area contributed by atoms with Crippen LogP contribution in [0.3, 0.4) is 0 Å². The Bertz CT molecular complexity index is 1520. The van der Waals surface area contributed by atoms with Crippen LogP contribution in [0.2, 0.25) is 5.02 Å². The summed E-state index contributed by atoms with van der Waals surface area (Å²) in [6.07, 6.45) is 0. The molecule has 0 aliphatic carbocycles. The second-order valence-corrected chi connectivity index (χ2v) is 10.8. The van der Waals surface area contributed by atoms with Crippen LogP contribution in [-0.2, 0) is 0 Å². The zero-order chi connectivity index (χ0) is 25.4. The first kappa shape index (κ1) is 23.9. The van der Waals surface area contributed by atoms with Crippen LogP contribution in [0.25, 0.3) is 15.9 Å². The lowest BCUT2D eigenvalue weighted by Crippen LogP contribution is -2.49. The van der Waals surface area contributed by atoms with Crippen molar-refractivity contribution >= 4 is 39.1 Å². The Labute approximate surface area is 225 Å². The first-order chi connectivity index (χ1) is 18.1. The number of amides is 1. The monoisotopic (exact) mass is 526 g/mol. The third kappa shape index (κ3) is 4.68. The summed E-state index contributed by atoms with van der Waals surface area (Å²) in [4.78, 5) is 19.8. The summed E-state index contributed by atoms with van der Waals surface area (Å²) in [6, 6.07) is 30.9. The number of carbonyl (C=O) groups excluding carboxylic acids is 1. The molecule has 1 aliphatic heterocycles. The van der Waals surface area contributed by atoms with Gasteiger partial charge in [-0.3, -0.25) is 9.69 Å². The molecule has 0 saturated carbocycles. The van der Waals surface area contributed by atoms with Crippen LogP contribution in [0.4, 0.5) is 0 Å². The lowest BCUT2D eigenvalue weighted by Gasteiger charge is -2.39. The molecule has 5 nitrogen and oxygen atoms in total. The first-order valence-electron chi connectivity index (χ1n) is 12.5. The topological polar surface area (TPSA) is 41.4 Å². The fourth-order valence-corrected chi connectivity index (χ4v) is 6.41. The van der Waals surface area contributed by atoms with Crippen molar-refractivity contribution in [3.05, 3.63) is 118 Å². The third-order valence-corrected chi connectivity index (χ3v) is 8.37. The van der Waals surface area contributed by atoms with Gasteiger partial charge in [0.05, 0.1) is 22.3 Å². The van der Waals surface area contributed by atoms with E-state index in [1.165, 1.54) is 22.5 Å². The van der Waals surface area contributed by atoms with Gasteiger partial charge in [-0.2, -0.15) is 5.10 Å². The maximum atomic E-state index is 13.6. The molecule has 1 aliphatic rings. The van der Waals surface area contributed by atoms with Crippen LogP contribution in [-0.4, -0.2) is 51.7 Å². The van der Waals surface area contributed by atoms with E-state index in [0.29, 0.717) is 13.1 Å².